The number of hydrogen-bond acceptors (Lipinski definition) is 4. The van der Waals surface area contributed by atoms with Gasteiger partial charge in [0.25, 0.3) is 0 Å². The molecular weight excluding hydrogens is 190 g/mol. The molecule has 64 valence electrons. The molecule has 1 N–H and O–H groups in total. The van der Waals surface area contributed by atoms with Crippen LogP contribution in [0.5, 0.6) is 0 Å². The van der Waals surface area contributed by atoms with Crippen LogP contribution < -0.4 is 5.32 Å². The van der Waals surface area contributed by atoms with E-state index in [1.54, 1.807) is 11.8 Å². The zero-order valence-electron chi connectivity index (χ0n) is 6.72. The van der Waals surface area contributed by atoms with E-state index in [-0.39, 0.29) is 5.12 Å². The van der Waals surface area contributed by atoms with Crippen LogP contribution in [0, 0.1) is 0 Å². The van der Waals surface area contributed by atoms with Gasteiger partial charge in [-0.15, -0.1) is 0 Å². The fraction of sp³-hybridized carbons (Fsp3) is 0.375. The average Bonchev–Trinajstić information content (AvgIpc) is 2.23. The molecular formula is C8H9NOS2. The third-order valence-corrected chi connectivity index (χ3v) is 3.96. The van der Waals surface area contributed by atoms with Gasteiger partial charge in [-0.25, -0.2) is 0 Å². The molecule has 0 unspecified atom stereocenters. The van der Waals surface area contributed by atoms with E-state index < -0.39 is 0 Å². The van der Waals surface area contributed by atoms with Crippen LogP contribution in [0.3, 0.4) is 0 Å². The Morgan fingerprint density at radius 3 is 3.17 bits per heavy atom. The van der Waals surface area contributed by atoms with Crippen molar-refractivity contribution in [3.63, 3.8) is 0 Å². The van der Waals surface area contributed by atoms with Gasteiger partial charge in [-0.1, -0.05) is 17.8 Å². The summed E-state index contributed by atoms with van der Waals surface area (Å²) in [5.74, 6) is 0. The lowest BCUT2D eigenvalue weighted by Gasteiger charge is -2.00. The molecule has 2 aliphatic rings. The van der Waals surface area contributed by atoms with Crippen molar-refractivity contribution in [2.75, 3.05) is 6.54 Å². The number of nitrogens with one attached hydrogen (secondary N) is 1. The molecule has 0 amide bonds. The van der Waals surface area contributed by atoms with E-state index in [4.69, 9.17) is 0 Å². The summed E-state index contributed by atoms with van der Waals surface area (Å²) in [5, 5.41) is 3.50. The van der Waals surface area contributed by atoms with Crippen molar-refractivity contribution < 1.29 is 4.79 Å². The molecule has 0 aromatic rings. The van der Waals surface area contributed by atoms with Gasteiger partial charge in [0.15, 0.2) is 5.12 Å². The van der Waals surface area contributed by atoms with Crippen molar-refractivity contribution in [2.24, 2.45) is 0 Å². The number of allylic oxidation sites excluding steroid dienone is 2. The van der Waals surface area contributed by atoms with E-state index in [1.165, 1.54) is 16.7 Å². The zero-order valence-corrected chi connectivity index (χ0v) is 8.35. The summed E-state index contributed by atoms with van der Waals surface area (Å²) < 4.78 is 1.14. The summed E-state index contributed by atoms with van der Waals surface area (Å²) in [5.41, 5.74) is 1.11. The fourth-order valence-corrected chi connectivity index (χ4v) is 3.40. The van der Waals surface area contributed by atoms with E-state index in [1.807, 2.05) is 0 Å². The topological polar surface area (TPSA) is 29.1 Å². The monoisotopic (exact) mass is 199 g/mol. The van der Waals surface area contributed by atoms with Gasteiger partial charge in [-0.05, 0) is 23.6 Å². The molecule has 2 heterocycles. The molecule has 12 heavy (non-hydrogen) atoms. The fourth-order valence-electron chi connectivity index (χ4n) is 1.14. The lowest BCUT2D eigenvalue weighted by molar-refractivity contribution is -0.110. The minimum Gasteiger partial charge on any atom is -0.383 e. The molecule has 0 saturated carbocycles. The Morgan fingerprint density at radius 1 is 1.50 bits per heavy atom. The SMILES string of the molecule is CC1=CCNC2=C(SC(=O)C2)S1. The summed E-state index contributed by atoms with van der Waals surface area (Å²) in [4.78, 5) is 12.3. The van der Waals surface area contributed by atoms with Crippen LogP contribution in [0.4, 0.5) is 0 Å². The molecule has 2 nitrogen and oxygen atoms in total. The van der Waals surface area contributed by atoms with Crippen molar-refractivity contribution in [3.05, 3.63) is 20.9 Å². The van der Waals surface area contributed by atoms with Gasteiger partial charge in [0.1, 0.15) is 0 Å². The molecule has 0 bridgehead atoms. The number of rotatable bonds is 0. The Balaban J connectivity index is 2.21. The molecule has 0 aliphatic carbocycles. The molecule has 0 saturated heterocycles. The predicted octanol–water partition coefficient (Wildman–Crippen LogP) is 2.06. The molecule has 0 radical (unpaired) electrons. The maximum atomic E-state index is 11.1. The van der Waals surface area contributed by atoms with Crippen LogP contribution in [0.15, 0.2) is 20.9 Å². The largest absolute Gasteiger partial charge is 0.383 e. The van der Waals surface area contributed by atoms with Crippen molar-refractivity contribution in [1.82, 2.24) is 5.32 Å². The normalized spacial score (nSPS) is 23.1. The molecule has 0 spiro atoms. The summed E-state index contributed by atoms with van der Waals surface area (Å²) in [6, 6.07) is 0. The standard InChI is InChI=1S/C8H9NOS2/c1-5-2-3-9-6-4-7(10)12-8(6)11-5/h2,9H,3-4H2,1H3. The minimum absolute atomic E-state index is 0.259. The van der Waals surface area contributed by atoms with Gasteiger partial charge < -0.3 is 5.32 Å². The van der Waals surface area contributed by atoms with Crippen molar-refractivity contribution in [2.45, 2.75) is 13.3 Å². The Labute approximate surface area is 79.9 Å². The van der Waals surface area contributed by atoms with E-state index in [2.05, 4.69) is 18.3 Å². The number of hydrogen-bond donors (Lipinski definition) is 1. The Hall–Kier alpha value is -0.350. The van der Waals surface area contributed by atoms with Gasteiger partial charge in [0, 0.05) is 12.2 Å². The number of carbonyl (C=O) groups excluding carboxylic acids is 1. The second kappa shape index (κ2) is 3.18. The highest BCUT2D eigenvalue weighted by atomic mass is 32.2. The third-order valence-electron chi connectivity index (χ3n) is 1.73. The van der Waals surface area contributed by atoms with Gasteiger partial charge in [-0.3, -0.25) is 4.79 Å². The quantitative estimate of drug-likeness (QED) is 0.646. The van der Waals surface area contributed by atoms with E-state index >= 15 is 0 Å². The maximum Gasteiger partial charge on any atom is 0.200 e. The first-order valence-corrected chi connectivity index (χ1v) is 5.41. The highest BCUT2D eigenvalue weighted by molar-refractivity contribution is 8.31. The first kappa shape index (κ1) is 8.26. The Kier molecular flexibility index (Phi) is 2.19. The molecule has 4 heteroatoms. The lowest BCUT2D eigenvalue weighted by Crippen LogP contribution is -2.12. The average molecular weight is 199 g/mol. The second-order valence-corrected chi connectivity index (χ2v) is 5.30. The lowest BCUT2D eigenvalue weighted by atomic mass is 10.3. The molecule has 2 aliphatic heterocycles. The van der Waals surface area contributed by atoms with Crippen LogP contribution in [0.1, 0.15) is 13.3 Å². The van der Waals surface area contributed by atoms with E-state index in [0.29, 0.717) is 6.42 Å². The van der Waals surface area contributed by atoms with Gasteiger partial charge in [0.05, 0.1) is 10.7 Å². The van der Waals surface area contributed by atoms with Crippen LogP contribution in [0.25, 0.3) is 0 Å². The maximum absolute atomic E-state index is 11.1. The van der Waals surface area contributed by atoms with Crippen LogP contribution in [0.2, 0.25) is 0 Å². The third kappa shape index (κ3) is 1.54. The summed E-state index contributed by atoms with van der Waals surface area (Å²) >= 11 is 3.07. The van der Waals surface area contributed by atoms with Crippen LogP contribution in [-0.4, -0.2) is 11.7 Å². The van der Waals surface area contributed by atoms with Crippen molar-refractivity contribution in [3.8, 4) is 0 Å². The molecule has 2 rings (SSSR count). The first-order valence-electron chi connectivity index (χ1n) is 3.78. The molecule has 0 atom stereocenters. The summed E-state index contributed by atoms with van der Waals surface area (Å²) in [6.45, 7) is 2.93. The predicted molar refractivity (Wildman–Crippen MR) is 53.6 cm³/mol. The van der Waals surface area contributed by atoms with Gasteiger partial charge >= 0.3 is 0 Å². The zero-order chi connectivity index (χ0) is 8.55. The Bertz CT molecular complexity index is 293. The van der Waals surface area contributed by atoms with Crippen molar-refractivity contribution in [1.29, 1.82) is 0 Å². The highest BCUT2D eigenvalue weighted by Gasteiger charge is 2.24. The number of thioether (sulfide) groups is 2. The second-order valence-electron chi connectivity index (χ2n) is 2.71. The molecule has 0 fully saturated rings. The van der Waals surface area contributed by atoms with E-state index in [0.717, 1.165) is 16.5 Å². The van der Waals surface area contributed by atoms with Gasteiger partial charge in [0.2, 0.25) is 0 Å². The van der Waals surface area contributed by atoms with Crippen LogP contribution >= 0.6 is 23.5 Å². The minimum atomic E-state index is 0.259. The molecule has 0 aromatic heterocycles. The summed E-state index contributed by atoms with van der Waals surface area (Å²) in [7, 11) is 0. The first-order chi connectivity index (χ1) is 5.75. The highest BCUT2D eigenvalue weighted by Crippen LogP contribution is 2.43. The van der Waals surface area contributed by atoms with E-state index in [9.17, 15) is 4.79 Å². The molecule has 0 aromatic carbocycles. The van der Waals surface area contributed by atoms with Gasteiger partial charge in [-0.2, -0.15) is 0 Å². The number of carbonyl (C=O) groups is 1. The van der Waals surface area contributed by atoms with Crippen LogP contribution in [-0.2, 0) is 4.79 Å². The smallest absolute Gasteiger partial charge is 0.200 e. The van der Waals surface area contributed by atoms with Crippen molar-refractivity contribution >= 4 is 28.6 Å². The Morgan fingerprint density at radius 2 is 2.33 bits per heavy atom. The summed E-state index contributed by atoms with van der Waals surface area (Å²) in [6.07, 6.45) is 2.72.